The lowest BCUT2D eigenvalue weighted by Gasteiger charge is -2.13. The highest BCUT2D eigenvalue weighted by Gasteiger charge is 2.10. The molecule has 1 aromatic rings. The molecular formula is C11H17NO3. The molecule has 1 rings (SSSR count). The van der Waals surface area contributed by atoms with Crippen LogP contribution in [0.25, 0.3) is 0 Å². The Hall–Kier alpha value is -1.42. The number of rotatable bonds is 5. The van der Waals surface area contributed by atoms with Crippen molar-refractivity contribution in [3.05, 3.63) is 17.7 Å². The smallest absolute Gasteiger partial charge is 0.164 e. The lowest BCUT2D eigenvalue weighted by atomic mass is 10.1. The van der Waals surface area contributed by atoms with Crippen LogP contribution >= 0.6 is 0 Å². The Labute approximate surface area is 92.7 Å². The summed E-state index contributed by atoms with van der Waals surface area (Å²) >= 11 is 0. The summed E-state index contributed by atoms with van der Waals surface area (Å²) in [5.74, 6) is 1.32. The summed E-state index contributed by atoms with van der Waals surface area (Å²) in [7, 11) is 4.47. The number of hydrogen-bond donors (Lipinski definition) is 1. The van der Waals surface area contributed by atoms with Crippen molar-refractivity contribution in [2.45, 2.75) is 6.37 Å². The minimum Gasteiger partial charge on any atom is -0.496 e. The molecule has 0 aliphatic heterocycles. The molecule has 0 bridgehead atoms. The van der Waals surface area contributed by atoms with Crippen LogP contribution in [0.3, 0.4) is 0 Å². The molecule has 0 aromatic heterocycles. The maximum Gasteiger partial charge on any atom is 0.164 e. The van der Waals surface area contributed by atoms with E-state index in [2.05, 4.69) is 0 Å². The number of methoxy groups -OCH3 is 3. The molecule has 0 radical (unpaired) electrons. The van der Waals surface area contributed by atoms with Gasteiger partial charge < -0.3 is 19.9 Å². The van der Waals surface area contributed by atoms with Gasteiger partial charge in [0.15, 0.2) is 11.5 Å². The van der Waals surface area contributed by atoms with Crippen LogP contribution in [-0.2, 0) is 6.37 Å². The van der Waals surface area contributed by atoms with E-state index in [1.54, 1.807) is 12.1 Å². The second kappa shape index (κ2) is 5.46. The van der Waals surface area contributed by atoms with Crippen LogP contribution in [0.2, 0.25) is 0 Å². The molecule has 2 N–H and O–H groups in total. The van der Waals surface area contributed by atoms with Crippen molar-refractivity contribution >= 4 is 0 Å². The highest BCUT2D eigenvalue weighted by Crippen LogP contribution is 2.34. The van der Waals surface area contributed by atoms with E-state index in [9.17, 15) is 0 Å². The number of hydrogen-bond acceptors (Lipinski definition) is 4. The van der Waals surface area contributed by atoms with Gasteiger partial charge in [0.05, 0.1) is 21.3 Å². The van der Waals surface area contributed by atoms with Crippen molar-refractivity contribution in [2.24, 2.45) is 5.73 Å². The second-order valence-electron chi connectivity index (χ2n) is 2.79. The molecule has 0 fully saturated rings. The van der Waals surface area contributed by atoms with Crippen molar-refractivity contribution in [1.29, 1.82) is 0 Å². The third-order valence-corrected chi connectivity index (χ3v) is 2.00. The van der Waals surface area contributed by atoms with Crippen molar-refractivity contribution in [3.63, 3.8) is 0 Å². The molecule has 4 heteroatoms. The van der Waals surface area contributed by atoms with Gasteiger partial charge >= 0.3 is 0 Å². The van der Waals surface area contributed by atoms with Gasteiger partial charge in [0, 0.05) is 8.81 Å². The Balaban J connectivity index is 3.38. The third kappa shape index (κ3) is 2.53. The largest absolute Gasteiger partial charge is 0.496 e. The van der Waals surface area contributed by atoms with Crippen LogP contribution in [0.5, 0.6) is 17.2 Å². The van der Waals surface area contributed by atoms with Gasteiger partial charge in [-0.05, 0) is 24.5 Å². The first-order valence-corrected chi connectivity index (χ1v) is 4.50. The fraction of sp³-hybridized carbons (Fsp3) is 0.455. The second-order valence-corrected chi connectivity index (χ2v) is 2.79. The Bertz CT molecular complexity index is 397. The molecule has 0 heterocycles. The highest BCUT2D eigenvalue weighted by molar-refractivity contribution is 5.50. The van der Waals surface area contributed by atoms with Gasteiger partial charge in [0.2, 0.25) is 0 Å². The first-order chi connectivity index (χ1) is 8.00. The molecule has 0 atom stereocenters. The first kappa shape index (κ1) is 8.85. The summed E-state index contributed by atoms with van der Waals surface area (Å²) < 4.78 is 31.0. The molecule has 15 heavy (non-hydrogen) atoms. The lowest BCUT2D eigenvalue weighted by molar-refractivity contribution is 0.347. The molecule has 4 nitrogen and oxygen atoms in total. The lowest BCUT2D eigenvalue weighted by Crippen LogP contribution is -2.05. The van der Waals surface area contributed by atoms with E-state index in [4.69, 9.17) is 22.7 Å². The molecule has 0 unspecified atom stereocenters. The molecule has 0 amide bonds. The summed E-state index contributed by atoms with van der Waals surface area (Å²) in [6, 6.07) is 3.13. The highest BCUT2D eigenvalue weighted by atomic mass is 16.5. The quantitative estimate of drug-likeness (QED) is 0.799. The van der Waals surface area contributed by atoms with Gasteiger partial charge in [-0.15, -0.1) is 0 Å². The van der Waals surface area contributed by atoms with E-state index in [0.717, 1.165) is 0 Å². The van der Waals surface area contributed by atoms with Gasteiger partial charge in [-0.2, -0.15) is 0 Å². The SMILES string of the molecule is [2H]C([2H])(CN)c1cc(OC)c(OC)cc1OC. The van der Waals surface area contributed by atoms with Crippen LogP contribution < -0.4 is 19.9 Å². The number of benzene rings is 1. The van der Waals surface area contributed by atoms with Gasteiger partial charge in [0.1, 0.15) is 5.75 Å². The van der Waals surface area contributed by atoms with Gasteiger partial charge in [0.25, 0.3) is 0 Å². The number of nitrogens with two attached hydrogens (primary N) is 1. The van der Waals surface area contributed by atoms with Crippen molar-refractivity contribution < 1.29 is 17.0 Å². The van der Waals surface area contributed by atoms with Crippen molar-refractivity contribution in [1.82, 2.24) is 0 Å². The monoisotopic (exact) mass is 213 g/mol. The Morgan fingerprint density at radius 3 is 2.07 bits per heavy atom. The average Bonchev–Trinajstić information content (AvgIpc) is 2.36. The average molecular weight is 213 g/mol. The molecule has 0 aliphatic rings. The Kier molecular flexibility index (Phi) is 3.22. The summed E-state index contributed by atoms with van der Waals surface area (Å²) in [5.41, 5.74) is 5.77. The molecule has 0 spiro atoms. The molecule has 0 saturated heterocycles. The minimum absolute atomic E-state index is 0.140. The molecule has 0 aliphatic carbocycles. The van der Waals surface area contributed by atoms with Crippen molar-refractivity contribution in [3.8, 4) is 17.2 Å². The fourth-order valence-corrected chi connectivity index (χ4v) is 1.28. The third-order valence-electron chi connectivity index (χ3n) is 2.00. The summed E-state index contributed by atoms with van der Waals surface area (Å²) in [6.07, 6.45) is -1.68. The molecule has 0 saturated carbocycles. The van der Waals surface area contributed by atoms with E-state index in [0.29, 0.717) is 22.8 Å². The Morgan fingerprint density at radius 1 is 1.07 bits per heavy atom. The molecular weight excluding hydrogens is 194 g/mol. The predicted molar refractivity (Wildman–Crippen MR) is 58.9 cm³/mol. The summed E-state index contributed by atoms with van der Waals surface area (Å²) in [4.78, 5) is 0. The minimum atomic E-state index is -1.68. The van der Waals surface area contributed by atoms with Crippen LogP contribution in [-0.4, -0.2) is 27.9 Å². The topological polar surface area (TPSA) is 53.7 Å². The van der Waals surface area contributed by atoms with E-state index in [1.165, 1.54) is 21.3 Å². The fourth-order valence-electron chi connectivity index (χ4n) is 1.28. The van der Waals surface area contributed by atoms with E-state index in [1.807, 2.05) is 0 Å². The van der Waals surface area contributed by atoms with Crippen LogP contribution in [0.1, 0.15) is 8.30 Å². The summed E-state index contributed by atoms with van der Waals surface area (Å²) in [5, 5.41) is 0. The van der Waals surface area contributed by atoms with E-state index in [-0.39, 0.29) is 6.54 Å². The van der Waals surface area contributed by atoms with Crippen LogP contribution in [0, 0.1) is 0 Å². The molecule has 1 aromatic carbocycles. The van der Waals surface area contributed by atoms with Gasteiger partial charge in [-0.1, -0.05) is 0 Å². The summed E-state index contributed by atoms with van der Waals surface area (Å²) in [6.45, 7) is -0.140. The van der Waals surface area contributed by atoms with Gasteiger partial charge in [-0.3, -0.25) is 0 Å². The number of ether oxygens (including phenoxy) is 3. The zero-order chi connectivity index (χ0) is 13.1. The van der Waals surface area contributed by atoms with Crippen LogP contribution in [0.4, 0.5) is 0 Å². The van der Waals surface area contributed by atoms with Crippen LogP contribution in [0.15, 0.2) is 12.1 Å². The molecule has 84 valence electrons. The first-order valence-electron chi connectivity index (χ1n) is 5.50. The van der Waals surface area contributed by atoms with Crippen molar-refractivity contribution in [2.75, 3.05) is 27.9 Å². The van der Waals surface area contributed by atoms with Gasteiger partial charge in [-0.25, -0.2) is 0 Å². The zero-order valence-corrected chi connectivity index (χ0v) is 9.16. The zero-order valence-electron chi connectivity index (χ0n) is 11.2. The van der Waals surface area contributed by atoms with E-state index >= 15 is 0 Å². The standard InChI is InChI=1S/C11H17NO3/c1-13-9-7-11(15-3)10(14-2)6-8(9)4-5-12/h6-7H,4-5,12H2,1-3H3/i4D2. The normalized spacial score (nSPS) is 12.8. The predicted octanol–water partition coefficient (Wildman–Crippen LogP) is 1.21. The van der Waals surface area contributed by atoms with E-state index < -0.39 is 6.37 Å². The maximum absolute atomic E-state index is 7.82. The Morgan fingerprint density at radius 2 is 1.60 bits per heavy atom. The maximum atomic E-state index is 7.82.